The van der Waals surface area contributed by atoms with E-state index >= 15 is 0 Å². The van der Waals surface area contributed by atoms with Crippen LogP contribution in [0.3, 0.4) is 0 Å². The minimum atomic E-state index is 0.541. The van der Waals surface area contributed by atoms with Gasteiger partial charge in [-0.05, 0) is 25.8 Å². The first-order chi connectivity index (χ1) is 6.20. The molecule has 74 valence electrons. The molecule has 0 rings (SSSR count). The van der Waals surface area contributed by atoms with Crippen molar-refractivity contribution in [2.45, 2.75) is 27.7 Å². The van der Waals surface area contributed by atoms with Crippen LogP contribution >= 0.6 is 0 Å². The van der Waals surface area contributed by atoms with E-state index in [-0.39, 0.29) is 0 Å². The maximum atomic E-state index is 5.51. The van der Waals surface area contributed by atoms with Crippen LogP contribution in [0, 0.1) is 5.92 Å². The molecular weight excluding hydrogens is 162 g/mol. The fourth-order valence-corrected chi connectivity index (χ4v) is 0.704. The van der Waals surface area contributed by atoms with Gasteiger partial charge in [0.1, 0.15) is 5.76 Å². The van der Waals surface area contributed by atoms with Crippen molar-refractivity contribution < 1.29 is 4.74 Å². The molecule has 0 radical (unpaired) electrons. The van der Waals surface area contributed by atoms with E-state index in [4.69, 9.17) is 4.74 Å². The third-order valence-corrected chi connectivity index (χ3v) is 1.27. The Labute approximate surface area is 81.0 Å². The van der Waals surface area contributed by atoms with E-state index < -0.39 is 0 Å². The van der Waals surface area contributed by atoms with Crippen molar-refractivity contribution >= 4 is 6.21 Å². The first-order valence-corrected chi connectivity index (χ1v) is 4.64. The lowest BCUT2D eigenvalue weighted by Gasteiger charge is -2.08. The summed E-state index contributed by atoms with van der Waals surface area (Å²) in [5, 5.41) is 0. The van der Waals surface area contributed by atoms with E-state index in [0.29, 0.717) is 5.92 Å². The average Bonchev–Trinajstić information content (AvgIpc) is 2.09. The SMILES string of the molecule is CC=N/C=C(\C=C/C)OCC(C)C. The van der Waals surface area contributed by atoms with Gasteiger partial charge in [0.2, 0.25) is 0 Å². The number of hydrogen-bond acceptors (Lipinski definition) is 2. The number of ether oxygens (including phenoxy) is 1. The minimum Gasteiger partial charge on any atom is -0.492 e. The smallest absolute Gasteiger partial charge is 0.137 e. The molecule has 13 heavy (non-hydrogen) atoms. The van der Waals surface area contributed by atoms with Crippen LogP contribution < -0.4 is 0 Å². The van der Waals surface area contributed by atoms with E-state index in [1.165, 1.54) is 0 Å². The molecule has 0 saturated heterocycles. The normalized spacial score (nSPS) is 13.5. The first kappa shape index (κ1) is 11.9. The lowest BCUT2D eigenvalue weighted by molar-refractivity contribution is 0.189. The van der Waals surface area contributed by atoms with Crippen LogP contribution in [0.5, 0.6) is 0 Å². The molecule has 0 bridgehead atoms. The largest absolute Gasteiger partial charge is 0.492 e. The van der Waals surface area contributed by atoms with E-state index in [1.807, 2.05) is 26.0 Å². The van der Waals surface area contributed by atoms with Crippen molar-refractivity contribution in [3.05, 3.63) is 24.1 Å². The predicted molar refractivity (Wildman–Crippen MR) is 57.9 cm³/mol. The molecule has 0 aliphatic rings. The molecule has 0 aromatic heterocycles. The molecule has 2 nitrogen and oxygen atoms in total. The van der Waals surface area contributed by atoms with Crippen molar-refractivity contribution in [1.29, 1.82) is 0 Å². The summed E-state index contributed by atoms with van der Waals surface area (Å²) < 4.78 is 5.51. The first-order valence-electron chi connectivity index (χ1n) is 4.64. The zero-order valence-electron chi connectivity index (χ0n) is 8.95. The Morgan fingerprint density at radius 1 is 1.38 bits per heavy atom. The highest BCUT2D eigenvalue weighted by Crippen LogP contribution is 2.03. The lowest BCUT2D eigenvalue weighted by Crippen LogP contribution is -2.00. The van der Waals surface area contributed by atoms with Crippen LogP contribution in [0.2, 0.25) is 0 Å². The van der Waals surface area contributed by atoms with Crippen LogP contribution in [0.4, 0.5) is 0 Å². The van der Waals surface area contributed by atoms with Gasteiger partial charge in [0.15, 0.2) is 0 Å². The molecule has 0 spiro atoms. The summed E-state index contributed by atoms with van der Waals surface area (Å²) in [6, 6.07) is 0. The van der Waals surface area contributed by atoms with E-state index in [9.17, 15) is 0 Å². The van der Waals surface area contributed by atoms with Gasteiger partial charge in [-0.25, -0.2) is 0 Å². The summed E-state index contributed by atoms with van der Waals surface area (Å²) in [6.45, 7) is 8.82. The van der Waals surface area contributed by atoms with Crippen molar-refractivity contribution in [3.8, 4) is 0 Å². The number of hydrogen-bond donors (Lipinski definition) is 0. The molecule has 0 fully saturated rings. The summed E-state index contributed by atoms with van der Waals surface area (Å²) in [4.78, 5) is 4.01. The number of rotatable bonds is 5. The van der Waals surface area contributed by atoms with Gasteiger partial charge in [-0.1, -0.05) is 19.9 Å². The Kier molecular flexibility index (Phi) is 6.98. The molecule has 0 heterocycles. The highest BCUT2D eigenvalue weighted by atomic mass is 16.5. The second-order valence-corrected chi connectivity index (χ2v) is 3.14. The summed E-state index contributed by atoms with van der Waals surface area (Å²) in [5.74, 6) is 1.36. The van der Waals surface area contributed by atoms with E-state index in [1.54, 1.807) is 12.4 Å². The van der Waals surface area contributed by atoms with E-state index in [2.05, 4.69) is 18.8 Å². The number of allylic oxidation sites excluding steroid dienone is 2. The van der Waals surface area contributed by atoms with Gasteiger partial charge < -0.3 is 4.74 Å². The Balaban J connectivity index is 4.09. The molecule has 2 heteroatoms. The zero-order chi connectivity index (χ0) is 10.1. The van der Waals surface area contributed by atoms with Gasteiger partial charge >= 0.3 is 0 Å². The van der Waals surface area contributed by atoms with E-state index in [0.717, 1.165) is 12.4 Å². The van der Waals surface area contributed by atoms with Crippen molar-refractivity contribution in [2.75, 3.05) is 6.61 Å². The molecule has 0 aromatic carbocycles. The Morgan fingerprint density at radius 2 is 2.08 bits per heavy atom. The van der Waals surface area contributed by atoms with Crippen LogP contribution in [0.1, 0.15) is 27.7 Å². The van der Waals surface area contributed by atoms with Gasteiger partial charge in [0, 0.05) is 6.21 Å². The van der Waals surface area contributed by atoms with Crippen LogP contribution in [-0.2, 0) is 4.74 Å². The highest BCUT2D eigenvalue weighted by molar-refractivity contribution is 5.54. The summed E-state index contributed by atoms with van der Waals surface area (Å²) in [5.41, 5.74) is 0. The van der Waals surface area contributed by atoms with Gasteiger partial charge in [-0.2, -0.15) is 0 Å². The Morgan fingerprint density at radius 3 is 2.54 bits per heavy atom. The second-order valence-electron chi connectivity index (χ2n) is 3.14. The van der Waals surface area contributed by atoms with Gasteiger partial charge in [-0.15, -0.1) is 0 Å². The quantitative estimate of drug-likeness (QED) is 0.362. The fourth-order valence-electron chi connectivity index (χ4n) is 0.704. The summed E-state index contributed by atoms with van der Waals surface area (Å²) >= 11 is 0. The molecule has 0 aliphatic heterocycles. The van der Waals surface area contributed by atoms with Crippen LogP contribution in [0.25, 0.3) is 0 Å². The topological polar surface area (TPSA) is 21.6 Å². The minimum absolute atomic E-state index is 0.541. The maximum Gasteiger partial charge on any atom is 0.137 e. The third kappa shape index (κ3) is 7.32. The van der Waals surface area contributed by atoms with Crippen molar-refractivity contribution in [2.24, 2.45) is 10.9 Å². The van der Waals surface area contributed by atoms with Gasteiger partial charge in [0.25, 0.3) is 0 Å². The van der Waals surface area contributed by atoms with Crippen molar-refractivity contribution in [3.63, 3.8) is 0 Å². The molecule has 0 atom stereocenters. The molecule has 0 N–H and O–H groups in total. The number of aliphatic imine (C=N–C) groups is 1. The molecular formula is C11H19NO. The Hall–Kier alpha value is -1.05. The Bertz CT molecular complexity index is 202. The second kappa shape index (κ2) is 7.59. The van der Waals surface area contributed by atoms with Crippen LogP contribution in [-0.4, -0.2) is 12.8 Å². The van der Waals surface area contributed by atoms with Crippen molar-refractivity contribution in [1.82, 2.24) is 0 Å². The monoisotopic (exact) mass is 181 g/mol. The lowest BCUT2D eigenvalue weighted by atomic mass is 10.2. The average molecular weight is 181 g/mol. The fraction of sp³-hybridized carbons (Fsp3) is 0.545. The van der Waals surface area contributed by atoms with Crippen LogP contribution in [0.15, 0.2) is 29.1 Å². The molecule has 0 unspecified atom stereocenters. The molecule has 0 amide bonds. The molecule has 0 saturated carbocycles. The van der Waals surface area contributed by atoms with Gasteiger partial charge in [0.05, 0.1) is 12.8 Å². The molecule has 0 aliphatic carbocycles. The zero-order valence-corrected chi connectivity index (χ0v) is 8.95. The maximum absolute atomic E-state index is 5.51. The molecule has 0 aromatic rings. The van der Waals surface area contributed by atoms with Gasteiger partial charge in [-0.3, -0.25) is 4.99 Å². The third-order valence-electron chi connectivity index (χ3n) is 1.27. The summed E-state index contributed by atoms with van der Waals surface area (Å²) in [7, 11) is 0. The standard InChI is InChI=1S/C11H19NO/c1-5-7-11(8-12-6-2)13-9-10(3)4/h5-8,10H,9H2,1-4H3/b7-5-,11-8+,12-6?. The summed E-state index contributed by atoms with van der Waals surface area (Å²) in [6.07, 6.45) is 7.32. The predicted octanol–water partition coefficient (Wildman–Crippen LogP) is 3.17. The number of nitrogens with zero attached hydrogens (tertiary/aromatic N) is 1. The highest BCUT2D eigenvalue weighted by Gasteiger charge is 1.95.